The van der Waals surface area contributed by atoms with Gasteiger partial charge in [0.15, 0.2) is 0 Å². The number of carbonyl (C=O) groups excluding carboxylic acids is 2. The number of carbonyl (C=O) groups is 2. The van der Waals surface area contributed by atoms with Crippen LogP contribution in [0.25, 0.3) is 0 Å². The molecule has 2 amide bonds. The predicted molar refractivity (Wildman–Crippen MR) is 37.2 cm³/mol. The van der Waals surface area contributed by atoms with Crippen molar-refractivity contribution in [3.63, 3.8) is 0 Å². The van der Waals surface area contributed by atoms with E-state index in [2.05, 4.69) is 5.92 Å². The van der Waals surface area contributed by atoms with E-state index in [9.17, 15) is 9.59 Å². The maximum absolute atomic E-state index is 11.2. The molecule has 0 aromatic heterocycles. The van der Waals surface area contributed by atoms with Crippen molar-refractivity contribution in [1.29, 1.82) is 0 Å². The molecule has 3 heteroatoms. The summed E-state index contributed by atoms with van der Waals surface area (Å²) in [4.78, 5) is 23.5. The fourth-order valence-corrected chi connectivity index (χ4v) is 1.50. The molecule has 0 bridgehead atoms. The molecule has 1 saturated carbocycles. The first-order valence-electron chi connectivity index (χ1n) is 3.54. The van der Waals surface area contributed by atoms with Gasteiger partial charge in [-0.25, -0.2) is 0 Å². The number of rotatable bonds is 1. The Balaban J connectivity index is 2.18. The second-order valence-corrected chi connectivity index (χ2v) is 2.92. The summed E-state index contributed by atoms with van der Waals surface area (Å²) in [5.41, 5.74) is 0. The third-order valence-corrected chi connectivity index (χ3v) is 2.21. The van der Waals surface area contributed by atoms with Crippen molar-refractivity contribution >= 4 is 11.8 Å². The number of hydrogen-bond acceptors (Lipinski definition) is 2. The number of piperidine rings is 1. The van der Waals surface area contributed by atoms with Crippen LogP contribution in [0.1, 0.15) is 6.42 Å². The van der Waals surface area contributed by atoms with Gasteiger partial charge in [-0.1, -0.05) is 5.92 Å². The van der Waals surface area contributed by atoms with Gasteiger partial charge in [0, 0.05) is 0 Å². The average molecular weight is 149 g/mol. The quantitative estimate of drug-likeness (QED) is 0.376. The van der Waals surface area contributed by atoms with Gasteiger partial charge in [-0.3, -0.25) is 14.5 Å². The second kappa shape index (κ2) is 1.85. The molecule has 2 atom stereocenters. The normalized spacial score (nSPS) is 33.5. The molecule has 1 aliphatic carbocycles. The molecule has 2 aliphatic rings. The van der Waals surface area contributed by atoms with Crippen LogP contribution in [0.15, 0.2) is 0 Å². The number of fused-ring (bicyclic) bond motifs is 1. The van der Waals surface area contributed by atoms with Crippen molar-refractivity contribution in [2.75, 3.05) is 6.54 Å². The molecule has 2 rings (SSSR count). The Labute approximate surface area is 64.4 Å². The highest BCUT2D eigenvalue weighted by atomic mass is 16.2. The molecule has 1 heterocycles. The number of imide groups is 1. The van der Waals surface area contributed by atoms with Crippen molar-refractivity contribution < 1.29 is 9.59 Å². The van der Waals surface area contributed by atoms with Crippen molar-refractivity contribution in [2.45, 2.75) is 6.42 Å². The van der Waals surface area contributed by atoms with Gasteiger partial charge in [-0.05, 0) is 6.42 Å². The molecule has 56 valence electrons. The number of hydrogen-bond donors (Lipinski definition) is 0. The summed E-state index contributed by atoms with van der Waals surface area (Å²) in [6.45, 7) is 0.144. The zero-order valence-corrected chi connectivity index (χ0v) is 5.91. The van der Waals surface area contributed by atoms with Crippen LogP contribution in [-0.2, 0) is 9.59 Å². The molecule has 0 N–H and O–H groups in total. The van der Waals surface area contributed by atoms with Gasteiger partial charge in [0.05, 0.1) is 18.4 Å². The van der Waals surface area contributed by atoms with E-state index >= 15 is 0 Å². The molecule has 2 fully saturated rings. The van der Waals surface area contributed by atoms with E-state index in [0.29, 0.717) is 0 Å². The van der Waals surface area contributed by atoms with Gasteiger partial charge in [0.1, 0.15) is 0 Å². The van der Waals surface area contributed by atoms with Crippen LogP contribution in [0, 0.1) is 24.2 Å². The highest BCUT2D eigenvalue weighted by molar-refractivity contribution is 6.09. The highest BCUT2D eigenvalue weighted by Gasteiger charge is 2.58. The van der Waals surface area contributed by atoms with Gasteiger partial charge in [-0.2, -0.15) is 0 Å². The van der Waals surface area contributed by atoms with Gasteiger partial charge in [-0.15, -0.1) is 6.42 Å². The SMILES string of the molecule is C#CCN1C(=O)C2CC2C1=O. The van der Waals surface area contributed by atoms with Crippen LogP contribution in [0.4, 0.5) is 0 Å². The highest BCUT2D eigenvalue weighted by Crippen LogP contribution is 2.46. The number of nitrogens with zero attached hydrogens (tertiary/aromatic N) is 1. The molecule has 11 heavy (non-hydrogen) atoms. The second-order valence-electron chi connectivity index (χ2n) is 2.92. The number of amides is 2. The summed E-state index contributed by atoms with van der Waals surface area (Å²) in [6.07, 6.45) is 5.75. The first-order chi connectivity index (χ1) is 5.25. The fourth-order valence-electron chi connectivity index (χ4n) is 1.50. The lowest BCUT2D eigenvalue weighted by molar-refractivity contribution is -0.140. The van der Waals surface area contributed by atoms with E-state index < -0.39 is 0 Å². The van der Waals surface area contributed by atoms with Crippen LogP contribution in [-0.4, -0.2) is 23.3 Å². The van der Waals surface area contributed by atoms with Crippen molar-refractivity contribution in [3.8, 4) is 12.3 Å². The molecular weight excluding hydrogens is 142 g/mol. The van der Waals surface area contributed by atoms with Gasteiger partial charge < -0.3 is 0 Å². The van der Waals surface area contributed by atoms with Gasteiger partial charge in [0.25, 0.3) is 0 Å². The first-order valence-corrected chi connectivity index (χ1v) is 3.54. The molecular formula is C8H7NO2. The molecule has 0 aromatic carbocycles. The summed E-state index contributed by atoms with van der Waals surface area (Å²) in [5.74, 6) is 2.12. The molecule has 0 aromatic rings. The lowest BCUT2D eigenvalue weighted by Gasteiger charge is -2.11. The van der Waals surface area contributed by atoms with Crippen molar-refractivity contribution in [2.24, 2.45) is 11.8 Å². The number of likely N-dealkylation sites (tertiary alicyclic amines) is 1. The molecule has 2 unspecified atom stereocenters. The lowest BCUT2D eigenvalue weighted by Crippen LogP contribution is -2.33. The Morgan fingerprint density at radius 3 is 2.45 bits per heavy atom. The Hall–Kier alpha value is -1.30. The predicted octanol–water partition coefficient (Wildman–Crippen LogP) is -0.375. The van der Waals surface area contributed by atoms with Crippen LogP contribution in [0.5, 0.6) is 0 Å². The summed E-state index contributed by atoms with van der Waals surface area (Å²) in [5, 5.41) is 0. The summed E-state index contributed by atoms with van der Waals surface area (Å²) in [7, 11) is 0. The third kappa shape index (κ3) is 0.695. The minimum Gasteiger partial charge on any atom is -0.274 e. The standard InChI is InChI=1S/C8H7NO2/c1-2-3-9-7(10)5-4-6(5)8(9)11/h1,5-6H,3-4H2. The first kappa shape index (κ1) is 6.41. The van der Waals surface area contributed by atoms with Crippen LogP contribution in [0.3, 0.4) is 0 Å². The third-order valence-electron chi connectivity index (χ3n) is 2.21. The smallest absolute Gasteiger partial charge is 0.233 e. The Bertz CT molecular complexity index is 256. The zero-order chi connectivity index (χ0) is 8.01. The molecule has 1 aliphatic heterocycles. The molecule has 3 nitrogen and oxygen atoms in total. The minimum absolute atomic E-state index is 0.0177. The molecule has 0 radical (unpaired) electrons. The van der Waals surface area contributed by atoms with E-state index in [4.69, 9.17) is 6.42 Å². The summed E-state index contributed by atoms with van der Waals surface area (Å²) >= 11 is 0. The largest absolute Gasteiger partial charge is 0.274 e. The van der Waals surface area contributed by atoms with Crippen molar-refractivity contribution in [1.82, 2.24) is 4.90 Å². The van der Waals surface area contributed by atoms with E-state index in [1.165, 1.54) is 4.90 Å². The summed E-state index contributed by atoms with van der Waals surface area (Å²) < 4.78 is 0. The van der Waals surface area contributed by atoms with Gasteiger partial charge in [0.2, 0.25) is 11.8 Å². The Kier molecular flexibility index (Phi) is 1.08. The van der Waals surface area contributed by atoms with Crippen LogP contribution >= 0.6 is 0 Å². The fraction of sp³-hybridized carbons (Fsp3) is 0.500. The average Bonchev–Trinajstić information content (AvgIpc) is 2.71. The Morgan fingerprint density at radius 2 is 2.00 bits per heavy atom. The number of terminal acetylenes is 1. The van der Waals surface area contributed by atoms with Gasteiger partial charge >= 0.3 is 0 Å². The maximum Gasteiger partial charge on any atom is 0.233 e. The molecule has 1 saturated heterocycles. The monoisotopic (exact) mass is 149 g/mol. The molecule has 0 spiro atoms. The topological polar surface area (TPSA) is 37.4 Å². The van der Waals surface area contributed by atoms with E-state index in [1.807, 2.05) is 0 Å². The van der Waals surface area contributed by atoms with Crippen LogP contribution < -0.4 is 0 Å². The summed E-state index contributed by atoms with van der Waals surface area (Å²) in [6, 6.07) is 0. The van der Waals surface area contributed by atoms with E-state index in [1.54, 1.807) is 0 Å². The van der Waals surface area contributed by atoms with Crippen LogP contribution in [0.2, 0.25) is 0 Å². The maximum atomic E-state index is 11.2. The minimum atomic E-state index is -0.0713. The van der Waals surface area contributed by atoms with E-state index in [-0.39, 0.29) is 30.2 Å². The van der Waals surface area contributed by atoms with Crippen molar-refractivity contribution in [3.05, 3.63) is 0 Å². The zero-order valence-electron chi connectivity index (χ0n) is 5.91. The lowest BCUT2D eigenvalue weighted by atomic mass is 10.4. The van der Waals surface area contributed by atoms with E-state index in [0.717, 1.165) is 6.42 Å². The Morgan fingerprint density at radius 1 is 1.45 bits per heavy atom.